The van der Waals surface area contributed by atoms with Gasteiger partial charge in [-0.25, -0.2) is 18.0 Å². The van der Waals surface area contributed by atoms with Crippen LogP contribution in [0.25, 0.3) is 0 Å². The fraction of sp³-hybridized carbons (Fsp3) is 0.310. The summed E-state index contributed by atoms with van der Waals surface area (Å²) in [6.45, 7) is -2.75. The summed E-state index contributed by atoms with van der Waals surface area (Å²) in [5.41, 5.74) is -0.878. The van der Waals surface area contributed by atoms with Crippen molar-refractivity contribution in [3.05, 3.63) is 101 Å². The van der Waals surface area contributed by atoms with Crippen LogP contribution in [-0.4, -0.2) is 50.5 Å². The molecule has 9 heteroatoms. The lowest BCUT2D eigenvalue weighted by molar-refractivity contribution is -0.141. The molecule has 1 heterocycles. The molecule has 200 valence electrons. The third kappa shape index (κ3) is 5.67. The van der Waals surface area contributed by atoms with E-state index in [1.165, 1.54) is 12.0 Å². The molecule has 1 fully saturated rings. The minimum absolute atomic E-state index is 0.0493. The van der Waals surface area contributed by atoms with Gasteiger partial charge in [0, 0.05) is 47.7 Å². The number of hydrogen-bond donors (Lipinski definition) is 1. The summed E-state index contributed by atoms with van der Waals surface area (Å²) in [5.74, 6) is -5.23. The number of esters is 1. The Hall–Kier alpha value is -3.85. The normalized spacial score (nSPS) is 20.7. The highest BCUT2D eigenvalue weighted by atomic mass is 19.2. The molecule has 0 aliphatic carbocycles. The molecule has 1 amide bonds. The average Bonchev–Trinajstić information content (AvgIpc) is 2.95. The van der Waals surface area contributed by atoms with E-state index in [1.54, 1.807) is 54.6 Å². The number of methoxy groups -OCH3 is 1. The number of carbonyl (C=O) groups excluding carboxylic acids is 2. The quantitative estimate of drug-likeness (QED) is 0.345. The minimum Gasteiger partial charge on any atom is -0.497 e. The number of ether oxygens (including phenoxy) is 2. The van der Waals surface area contributed by atoms with Crippen molar-refractivity contribution < 1.29 is 36.3 Å². The van der Waals surface area contributed by atoms with E-state index in [0.717, 1.165) is 0 Å². The molecule has 0 bridgehead atoms. The predicted molar refractivity (Wildman–Crippen MR) is 135 cm³/mol. The molecule has 1 N–H and O–H groups in total. The maximum absolute atomic E-state index is 14.3. The summed E-state index contributed by atoms with van der Waals surface area (Å²) in [5, 5.41) is 2.48. The van der Waals surface area contributed by atoms with Crippen molar-refractivity contribution in [2.75, 3.05) is 33.7 Å². The molecule has 2 unspecified atom stereocenters. The van der Waals surface area contributed by atoms with Gasteiger partial charge < -0.3 is 19.7 Å². The highest BCUT2D eigenvalue weighted by Gasteiger charge is 2.48. The molecule has 0 saturated carbocycles. The Morgan fingerprint density at radius 2 is 1.82 bits per heavy atom. The highest BCUT2D eigenvalue weighted by molar-refractivity contribution is 5.89. The predicted octanol–water partition coefficient (Wildman–Crippen LogP) is 4.48. The molecule has 0 aromatic heterocycles. The van der Waals surface area contributed by atoms with Gasteiger partial charge in [-0.05, 0) is 42.9 Å². The van der Waals surface area contributed by atoms with Crippen LogP contribution in [0, 0.1) is 23.4 Å². The Balaban J connectivity index is 1.70. The number of benzene rings is 3. The minimum atomic E-state index is -2.54. The smallest absolute Gasteiger partial charge is 0.339 e. The monoisotopic (exact) mass is 529 g/mol. The van der Waals surface area contributed by atoms with Crippen molar-refractivity contribution in [1.29, 1.82) is 0 Å². The van der Waals surface area contributed by atoms with Gasteiger partial charge in [0.15, 0.2) is 11.6 Å². The number of halogens is 3. The maximum Gasteiger partial charge on any atom is 0.339 e. The third-order valence-corrected chi connectivity index (χ3v) is 6.83. The Labute approximate surface area is 223 Å². The van der Waals surface area contributed by atoms with E-state index in [2.05, 4.69) is 5.32 Å². The van der Waals surface area contributed by atoms with E-state index in [1.807, 2.05) is 0 Å². The van der Waals surface area contributed by atoms with E-state index in [-0.39, 0.29) is 37.2 Å². The number of carbonyl (C=O) groups is 2. The van der Waals surface area contributed by atoms with Gasteiger partial charge in [0.25, 0.3) is 0 Å². The Morgan fingerprint density at radius 1 is 1.05 bits per heavy atom. The Morgan fingerprint density at radius 3 is 2.55 bits per heavy atom. The zero-order valence-electron chi connectivity index (χ0n) is 23.7. The molecule has 6 nitrogen and oxygen atoms in total. The van der Waals surface area contributed by atoms with Gasteiger partial charge in [0.05, 0.1) is 19.1 Å². The van der Waals surface area contributed by atoms with E-state index in [9.17, 15) is 22.8 Å². The first-order valence-electron chi connectivity index (χ1n) is 13.5. The third-order valence-electron chi connectivity index (χ3n) is 6.83. The second-order valence-electron chi connectivity index (χ2n) is 9.08. The molecule has 1 saturated heterocycles. The molecular formula is C29H29F3N2O4. The van der Waals surface area contributed by atoms with Crippen molar-refractivity contribution in [2.24, 2.45) is 5.92 Å². The van der Waals surface area contributed by atoms with Gasteiger partial charge in [-0.15, -0.1) is 0 Å². The van der Waals surface area contributed by atoms with Crippen molar-refractivity contribution >= 4 is 11.9 Å². The van der Waals surface area contributed by atoms with Gasteiger partial charge >= 0.3 is 5.97 Å². The average molecular weight is 530 g/mol. The van der Waals surface area contributed by atoms with Gasteiger partial charge in [0.1, 0.15) is 17.2 Å². The van der Waals surface area contributed by atoms with Crippen LogP contribution in [0.5, 0.6) is 5.75 Å². The molecule has 3 aromatic carbocycles. The highest BCUT2D eigenvalue weighted by Crippen LogP contribution is 2.43. The molecule has 2 atom stereocenters. The standard InChI is InChI=1S/C29H29F3N2O4/c1-33-17-22-18-34(27(35)14-20-13-25(31)26(32)16-24(20)30)12-11-29(22,21-9-6-10-23(15-21)37-2)38-28(36)19-7-4-3-5-8-19/h3-10,13,15-16,22,33H,11-12,14,17-18H2,1-2H3/i1D3. The fourth-order valence-corrected chi connectivity index (χ4v) is 4.82. The maximum atomic E-state index is 14.3. The molecule has 38 heavy (non-hydrogen) atoms. The number of likely N-dealkylation sites (tertiary alicyclic amines) is 1. The van der Waals surface area contributed by atoms with Crippen molar-refractivity contribution in [3.8, 4) is 5.75 Å². The van der Waals surface area contributed by atoms with Crippen LogP contribution in [0.4, 0.5) is 13.2 Å². The van der Waals surface area contributed by atoms with E-state index >= 15 is 0 Å². The lowest BCUT2D eigenvalue weighted by Gasteiger charge is -2.47. The fourth-order valence-electron chi connectivity index (χ4n) is 4.82. The molecular weight excluding hydrogens is 497 g/mol. The molecule has 1 aliphatic rings. The number of amides is 1. The van der Waals surface area contributed by atoms with Gasteiger partial charge in [-0.3, -0.25) is 4.79 Å². The van der Waals surface area contributed by atoms with Crippen molar-refractivity contribution in [1.82, 2.24) is 10.2 Å². The van der Waals surface area contributed by atoms with E-state index < -0.39 is 54.2 Å². The van der Waals surface area contributed by atoms with Crippen LogP contribution >= 0.6 is 0 Å². The molecule has 4 rings (SSSR count). The number of hydrogen-bond acceptors (Lipinski definition) is 5. The second kappa shape index (κ2) is 11.7. The van der Waals surface area contributed by atoms with Crippen LogP contribution in [0.2, 0.25) is 0 Å². The summed E-state index contributed by atoms with van der Waals surface area (Å²) in [4.78, 5) is 28.0. The van der Waals surface area contributed by atoms with Gasteiger partial charge in [-0.2, -0.15) is 0 Å². The van der Waals surface area contributed by atoms with Crippen LogP contribution in [0.1, 0.15) is 32.0 Å². The number of nitrogens with zero attached hydrogens (tertiary/aromatic N) is 1. The number of rotatable bonds is 8. The molecule has 0 radical (unpaired) electrons. The lowest BCUT2D eigenvalue weighted by atomic mass is 9.75. The molecule has 1 aliphatic heterocycles. The van der Waals surface area contributed by atoms with Crippen LogP contribution < -0.4 is 10.1 Å². The summed E-state index contributed by atoms with van der Waals surface area (Å²) < 4.78 is 76.1. The SMILES string of the molecule is [2H]C([2H])([2H])NCC1CN(C(=O)Cc2cc(F)c(F)cc2F)CCC1(OC(=O)c1ccccc1)c1cccc(OC)c1. The second-order valence-corrected chi connectivity index (χ2v) is 9.08. The van der Waals surface area contributed by atoms with Gasteiger partial charge in [0.2, 0.25) is 5.91 Å². The molecule has 3 aromatic rings. The first kappa shape index (κ1) is 23.3. The van der Waals surface area contributed by atoms with Crippen LogP contribution in [0.15, 0.2) is 66.7 Å². The van der Waals surface area contributed by atoms with Crippen molar-refractivity contribution in [2.45, 2.75) is 18.4 Å². The summed E-state index contributed by atoms with van der Waals surface area (Å²) >= 11 is 0. The van der Waals surface area contributed by atoms with Crippen molar-refractivity contribution in [3.63, 3.8) is 0 Å². The van der Waals surface area contributed by atoms with Crippen LogP contribution in [0.3, 0.4) is 0 Å². The zero-order chi connectivity index (χ0) is 29.8. The lowest BCUT2D eigenvalue weighted by Crippen LogP contribution is -2.56. The largest absolute Gasteiger partial charge is 0.497 e. The van der Waals surface area contributed by atoms with Gasteiger partial charge in [-0.1, -0.05) is 30.3 Å². The number of piperidine rings is 1. The Bertz CT molecular complexity index is 1410. The molecule has 0 spiro atoms. The summed E-state index contributed by atoms with van der Waals surface area (Å²) in [7, 11) is 1.48. The van der Waals surface area contributed by atoms with Crippen LogP contribution in [-0.2, 0) is 21.6 Å². The first-order chi connectivity index (χ1) is 19.4. The topological polar surface area (TPSA) is 67.9 Å². The number of nitrogens with one attached hydrogen (secondary N) is 1. The Kier molecular flexibility index (Phi) is 7.16. The summed E-state index contributed by atoms with van der Waals surface area (Å²) in [6.07, 6.45) is -0.476. The zero-order valence-corrected chi connectivity index (χ0v) is 20.7. The van der Waals surface area contributed by atoms with E-state index in [0.29, 0.717) is 23.4 Å². The summed E-state index contributed by atoms with van der Waals surface area (Å²) in [6, 6.07) is 16.2. The first-order valence-corrected chi connectivity index (χ1v) is 12.0. The van der Waals surface area contributed by atoms with E-state index in [4.69, 9.17) is 13.6 Å².